The number of aromatic nitrogens is 2. The van der Waals surface area contributed by atoms with Gasteiger partial charge in [-0.05, 0) is 73.5 Å². The van der Waals surface area contributed by atoms with Crippen molar-refractivity contribution >= 4 is 22.5 Å². The topological polar surface area (TPSA) is 25.8 Å². The molecule has 9 aromatic rings. The largest absolute Gasteiger partial charge is 0.228 e. The van der Waals surface area contributed by atoms with Gasteiger partial charge in [0, 0.05) is 26.5 Å². The molecule has 0 N–H and O–H groups in total. The molecule has 54 heavy (non-hydrogen) atoms. The summed E-state index contributed by atoms with van der Waals surface area (Å²) in [6.45, 7) is 0. The minimum atomic E-state index is -0.504. The normalized spacial score (nSPS) is 13.3. The van der Waals surface area contributed by atoms with Crippen molar-refractivity contribution in [1.29, 1.82) is 0 Å². The zero-order valence-corrected chi connectivity index (χ0v) is 30.1. The molecular weight excluding hydrogens is 673 g/mol. The first kappa shape index (κ1) is 31.0. The Kier molecular flexibility index (Phi) is 7.05. The smallest absolute Gasteiger partial charge is 0.161 e. The van der Waals surface area contributed by atoms with Crippen LogP contribution >= 0.6 is 11.8 Å². The van der Waals surface area contributed by atoms with Crippen LogP contribution in [0.1, 0.15) is 22.3 Å². The van der Waals surface area contributed by atoms with Gasteiger partial charge in [0.25, 0.3) is 0 Å². The molecule has 8 aromatic carbocycles. The Balaban J connectivity index is 1.17. The first-order valence-electron chi connectivity index (χ1n) is 18.4. The second kappa shape index (κ2) is 12.3. The van der Waals surface area contributed by atoms with Crippen molar-refractivity contribution in [2.24, 2.45) is 0 Å². The molecule has 0 unspecified atom stereocenters. The van der Waals surface area contributed by atoms with E-state index in [0.717, 1.165) is 33.9 Å². The van der Waals surface area contributed by atoms with Gasteiger partial charge in [-0.25, -0.2) is 9.97 Å². The van der Waals surface area contributed by atoms with Crippen molar-refractivity contribution < 1.29 is 0 Å². The molecule has 1 aromatic heterocycles. The third-order valence-corrected chi connectivity index (χ3v) is 12.4. The minimum Gasteiger partial charge on any atom is -0.228 e. The molecule has 0 saturated carbocycles. The van der Waals surface area contributed by atoms with E-state index < -0.39 is 5.41 Å². The highest BCUT2D eigenvalue weighted by Gasteiger charge is 2.50. The third-order valence-electron chi connectivity index (χ3n) is 11.2. The average molecular weight is 705 g/mol. The molecule has 3 heteroatoms. The third kappa shape index (κ3) is 4.68. The number of benzene rings is 8. The van der Waals surface area contributed by atoms with E-state index in [0.29, 0.717) is 0 Å². The Bertz CT molecular complexity index is 2850. The van der Waals surface area contributed by atoms with Crippen LogP contribution in [0.15, 0.2) is 204 Å². The van der Waals surface area contributed by atoms with Crippen molar-refractivity contribution in [3.8, 4) is 56.2 Å². The fraction of sp³-hybridized carbons (Fsp3) is 0.0196. The van der Waals surface area contributed by atoms with Gasteiger partial charge in [-0.1, -0.05) is 188 Å². The molecule has 1 spiro atoms. The number of hydrogen-bond donors (Lipinski definition) is 0. The summed E-state index contributed by atoms with van der Waals surface area (Å²) in [5.41, 5.74) is 14.6. The second-order valence-corrected chi connectivity index (χ2v) is 15.1. The molecule has 0 amide bonds. The molecule has 0 saturated heterocycles. The molecule has 0 fully saturated rings. The summed E-state index contributed by atoms with van der Waals surface area (Å²) in [6.07, 6.45) is 0. The predicted octanol–water partition coefficient (Wildman–Crippen LogP) is 13.1. The summed E-state index contributed by atoms with van der Waals surface area (Å²) < 4.78 is 0. The van der Waals surface area contributed by atoms with Crippen molar-refractivity contribution in [1.82, 2.24) is 9.97 Å². The van der Waals surface area contributed by atoms with Gasteiger partial charge in [-0.3, -0.25) is 0 Å². The Hall–Kier alpha value is -6.55. The van der Waals surface area contributed by atoms with Gasteiger partial charge in [-0.15, -0.1) is 0 Å². The lowest BCUT2D eigenvalue weighted by Crippen LogP contribution is -2.32. The molecule has 252 valence electrons. The van der Waals surface area contributed by atoms with Crippen LogP contribution in [0.2, 0.25) is 0 Å². The quantitative estimate of drug-likeness (QED) is 0.182. The summed E-state index contributed by atoms with van der Waals surface area (Å²) in [4.78, 5) is 13.2. The first-order chi connectivity index (χ1) is 26.8. The number of nitrogens with zero attached hydrogens (tertiary/aromatic N) is 2. The van der Waals surface area contributed by atoms with Crippen LogP contribution in [0.25, 0.3) is 66.9 Å². The standard InChI is InChI=1S/C51H32N2S/c1-3-14-33(15-4-1)34-26-28-36(29-27-34)47-32-46(35-16-5-2-6-17-35)52-50(53-47)41-22-13-25-44-49(41)54-48-31-38-19-8-7-18-37(38)30-45(48)51(44)42-23-11-9-20-39(42)40-21-10-12-24-43(40)51/h1-32H. The van der Waals surface area contributed by atoms with Crippen LogP contribution in [0.5, 0.6) is 0 Å². The van der Waals surface area contributed by atoms with E-state index in [1.807, 2.05) is 11.8 Å². The summed E-state index contributed by atoms with van der Waals surface area (Å²) in [5, 5.41) is 2.49. The number of rotatable bonds is 4. The van der Waals surface area contributed by atoms with Crippen LogP contribution in [0, 0.1) is 0 Å². The van der Waals surface area contributed by atoms with E-state index >= 15 is 0 Å². The molecule has 11 rings (SSSR count). The summed E-state index contributed by atoms with van der Waals surface area (Å²) in [6, 6.07) is 70.2. The number of hydrogen-bond acceptors (Lipinski definition) is 3. The predicted molar refractivity (Wildman–Crippen MR) is 223 cm³/mol. The Morgan fingerprint density at radius 2 is 0.833 bits per heavy atom. The van der Waals surface area contributed by atoms with Gasteiger partial charge in [0.1, 0.15) is 0 Å². The Morgan fingerprint density at radius 1 is 0.352 bits per heavy atom. The van der Waals surface area contributed by atoms with Gasteiger partial charge in [0.2, 0.25) is 0 Å². The highest BCUT2D eigenvalue weighted by Crippen LogP contribution is 2.63. The van der Waals surface area contributed by atoms with E-state index in [4.69, 9.17) is 9.97 Å². The fourth-order valence-corrected chi connectivity index (χ4v) is 10.1. The first-order valence-corrected chi connectivity index (χ1v) is 19.2. The molecule has 1 aliphatic heterocycles. The molecule has 1 aliphatic carbocycles. The van der Waals surface area contributed by atoms with Gasteiger partial charge in [0.15, 0.2) is 5.82 Å². The van der Waals surface area contributed by atoms with Crippen molar-refractivity contribution in [2.75, 3.05) is 0 Å². The van der Waals surface area contributed by atoms with Gasteiger partial charge >= 0.3 is 0 Å². The van der Waals surface area contributed by atoms with Gasteiger partial charge in [-0.2, -0.15) is 0 Å². The lowest BCUT2D eigenvalue weighted by atomic mass is 9.66. The fourth-order valence-electron chi connectivity index (χ4n) is 8.72. The van der Waals surface area contributed by atoms with Crippen molar-refractivity contribution in [3.63, 3.8) is 0 Å². The van der Waals surface area contributed by atoms with Gasteiger partial charge in [0.05, 0.1) is 16.8 Å². The average Bonchev–Trinajstić information content (AvgIpc) is 3.54. The summed E-state index contributed by atoms with van der Waals surface area (Å²) >= 11 is 1.85. The molecule has 0 atom stereocenters. The monoisotopic (exact) mass is 704 g/mol. The lowest BCUT2D eigenvalue weighted by molar-refractivity contribution is 0.724. The van der Waals surface area contributed by atoms with E-state index in [-0.39, 0.29) is 0 Å². The van der Waals surface area contributed by atoms with Gasteiger partial charge < -0.3 is 0 Å². The molecule has 0 bridgehead atoms. The van der Waals surface area contributed by atoms with Crippen LogP contribution < -0.4 is 0 Å². The molecule has 2 aliphatic rings. The minimum absolute atomic E-state index is 0.504. The number of fused-ring (bicyclic) bond motifs is 10. The lowest BCUT2D eigenvalue weighted by Gasteiger charge is -2.40. The highest BCUT2D eigenvalue weighted by atomic mass is 32.2. The van der Waals surface area contributed by atoms with Crippen LogP contribution in [0.4, 0.5) is 0 Å². The van der Waals surface area contributed by atoms with Crippen LogP contribution in [-0.4, -0.2) is 9.97 Å². The van der Waals surface area contributed by atoms with E-state index in [9.17, 15) is 0 Å². The Labute approximate surface area is 318 Å². The SMILES string of the molecule is c1ccc(-c2ccc(-c3cc(-c4ccccc4)nc(-c4cccc5c4Sc4cc6ccccc6cc4C54c5ccccc5-c5ccccc54)n3)cc2)cc1. The molecular formula is C51H32N2S. The maximum absolute atomic E-state index is 5.40. The molecule has 0 radical (unpaired) electrons. The Morgan fingerprint density at radius 3 is 1.50 bits per heavy atom. The van der Waals surface area contributed by atoms with E-state index in [1.165, 1.54) is 65.1 Å². The summed E-state index contributed by atoms with van der Waals surface area (Å²) in [5.74, 6) is 0.724. The molecule has 2 heterocycles. The maximum atomic E-state index is 5.40. The van der Waals surface area contributed by atoms with Crippen LogP contribution in [0.3, 0.4) is 0 Å². The van der Waals surface area contributed by atoms with E-state index in [2.05, 4.69) is 194 Å². The maximum Gasteiger partial charge on any atom is 0.161 e. The van der Waals surface area contributed by atoms with Crippen molar-refractivity contribution in [3.05, 3.63) is 216 Å². The van der Waals surface area contributed by atoms with E-state index in [1.54, 1.807) is 0 Å². The zero-order chi connectivity index (χ0) is 35.6. The zero-order valence-electron chi connectivity index (χ0n) is 29.3. The van der Waals surface area contributed by atoms with Crippen LogP contribution in [-0.2, 0) is 5.41 Å². The molecule has 2 nitrogen and oxygen atoms in total. The summed E-state index contributed by atoms with van der Waals surface area (Å²) in [7, 11) is 0. The highest BCUT2D eigenvalue weighted by molar-refractivity contribution is 7.99. The van der Waals surface area contributed by atoms with Crippen molar-refractivity contribution in [2.45, 2.75) is 15.2 Å². The second-order valence-electron chi connectivity index (χ2n) is 14.1.